The van der Waals surface area contributed by atoms with Crippen molar-refractivity contribution in [3.63, 3.8) is 0 Å². The van der Waals surface area contributed by atoms with Crippen molar-refractivity contribution in [2.45, 2.75) is 45.3 Å². The molecule has 0 aromatic heterocycles. The Morgan fingerprint density at radius 3 is 2.54 bits per heavy atom. The van der Waals surface area contributed by atoms with Crippen LogP contribution in [0.25, 0.3) is 0 Å². The normalized spacial score (nSPS) is 22.4. The molecule has 0 spiro atoms. The number of nitrogens with one attached hydrogen (secondary N) is 1. The first-order valence-corrected chi connectivity index (χ1v) is 9.75. The van der Waals surface area contributed by atoms with E-state index in [-0.39, 0.29) is 28.2 Å². The first kappa shape index (κ1) is 20.2. The van der Waals surface area contributed by atoms with Gasteiger partial charge in [-0.2, -0.15) is 0 Å². The lowest BCUT2D eigenvalue weighted by atomic mass is 9.97. The number of nitrogens with zero attached hydrogens (tertiary/aromatic N) is 1. The summed E-state index contributed by atoms with van der Waals surface area (Å²) in [4.78, 5) is 13.2. The van der Waals surface area contributed by atoms with Gasteiger partial charge in [-0.15, -0.1) is 0 Å². The fraction of sp³-hybridized carbons (Fsp3) is 0.348. The van der Waals surface area contributed by atoms with Gasteiger partial charge >= 0.3 is 0 Å². The Morgan fingerprint density at radius 1 is 1.18 bits per heavy atom. The van der Waals surface area contributed by atoms with E-state index >= 15 is 4.39 Å². The zero-order chi connectivity index (χ0) is 20.3. The topological polar surface area (TPSA) is 29.1 Å². The zero-order valence-electron chi connectivity index (χ0n) is 16.5. The smallest absolute Gasteiger partial charge is 0.279 e. The van der Waals surface area contributed by atoms with Gasteiger partial charge in [-0.05, 0) is 38.1 Å². The predicted octanol–water partition coefficient (Wildman–Crippen LogP) is 4.89. The van der Waals surface area contributed by atoms with Crippen molar-refractivity contribution >= 4 is 11.6 Å². The van der Waals surface area contributed by atoms with Crippen molar-refractivity contribution in [2.75, 3.05) is 6.54 Å². The lowest BCUT2D eigenvalue weighted by molar-refractivity contribution is -0.127. The minimum atomic E-state index is -0.557. The Bertz CT molecular complexity index is 866. The predicted molar refractivity (Wildman–Crippen MR) is 109 cm³/mol. The summed E-state index contributed by atoms with van der Waals surface area (Å²) < 4.78 is 29.2. The maximum atomic E-state index is 15.0. The second-order valence-electron chi connectivity index (χ2n) is 7.58. The molecule has 2 unspecified atom stereocenters. The molecule has 0 saturated carbocycles. The number of hydrogen-bond donors (Lipinski definition) is 1. The quantitative estimate of drug-likeness (QED) is 0.557. The molecule has 0 fully saturated rings. The molecule has 1 heterocycles. The number of halogens is 2. The first-order valence-electron chi connectivity index (χ1n) is 9.75. The summed E-state index contributed by atoms with van der Waals surface area (Å²) in [6, 6.07) is 12.3. The summed E-state index contributed by atoms with van der Waals surface area (Å²) in [7, 11) is 0. The van der Waals surface area contributed by atoms with Gasteiger partial charge in [-0.25, -0.2) is 8.78 Å². The summed E-state index contributed by atoms with van der Waals surface area (Å²) in [6.45, 7) is 6.13. The van der Waals surface area contributed by atoms with E-state index in [4.69, 9.17) is 0 Å². The molecular formula is C23H27F2N2O+. The van der Waals surface area contributed by atoms with E-state index in [1.165, 1.54) is 6.07 Å². The van der Waals surface area contributed by atoms with Crippen LogP contribution < -0.4 is 9.80 Å². The molecule has 0 saturated heterocycles. The fourth-order valence-corrected chi connectivity index (χ4v) is 4.30. The number of benzene rings is 2. The van der Waals surface area contributed by atoms with Crippen LogP contribution in [0, 0.1) is 11.6 Å². The molecule has 28 heavy (non-hydrogen) atoms. The highest BCUT2D eigenvalue weighted by Crippen LogP contribution is 2.44. The molecule has 0 bridgehead atoms. The van der Waals surface area contributed by atoms with Crippen LogP contribution in [-0.4, -0.2) is 24.5 Å². The van der Waals surface area contributed by atoms with Crippen LogP contribution in [0.5, 0.6) is 0 Å². The standard InChI is InChI=1S/C23H26F2N2O/c1-4-20(23(28)26-16(2)3)27(22-15-18(24)12-13-19(22)25)14-8-11-21(27)17-9-6-5-7-10-17/h5-13,15-16,20-21H,4,14H2,1-3H3/p+1/t20?,21-,27?/m0/s1. The van der Waals surface area contributed by atoms with Crippen molar-refractivity contribution in [1.29, 1.82) is 0 Å². The van der Waals surface area contributed by atoms with E-state index in [1.807, 2.05) is 63.3 Å². The molecule has 0 aliphatic carbocycles. The fourth-order valence-electron chi connectivity index (χ4n) is 4.30. The summed E-state index contributed by atoms with van der Waals surface area (Å²) in [6.07, 6.45) is 4.47. The Labute approximate surface area is 165 Å². The largest absolute Gasteiger partial charge is 0.349 e. The highest BCUT2D eigenvalue weighted by Gasteiger charge is 2.51. The lowest BCUT2D eigenvalue weighted by Gasteiger charge is -2.45. The summed E-state index contributed by atoms with van der Waals surface area (Å²) in [5, 5.41) is 2.97. The molecule has 3 rings (SSSR count). The molecule has 3 atom stereocenters. The number of amides is 1. The average Bonchev–Trinajstić information content (AvgIpc) is 3.10. The van der Waals surface area contributed by atoms with Gasteiger partial charge in [0.2, 0.25) is 0 Å². The molecule has 5 heteroatoms. The summed E-state index contributed by atoms with van der Waals surface area (Å²) in [5.41, 5.74) is 1.18. The van der Waals surface area contributed by atoms with Crippen LogP contribution in [0.2, 0.25) is 0 Å². The van der Waals surface area contributed by atoms with E-state index in [0.29, 0.717) is 13.0 Å². The van der Waals surface area contributed by atoms with Gasteiger partial charge in [-0.1, -0.05) is 37.3 Å². The molecule has 1 aliphatic heterocycles. The van der Waals surface area contributed by atoms with Crippen molar-refractivity contribution < 1.29 is 13.6 Å². The Morgan fingerprint density at radius 2 is 1.89 bits per heavy atom. The van der Waals surface area contributed by atoms with E-state index in [1.54, 1.807) is 0 Å². The van der Waals surface area contributed by atoms with E-state index in [2.05, 4.69) is 5.32 Å². The molecule has 1 aliphatic rings. The molecule has 0 radical (unpaired) electrons. The first-order chi connectivity index (χ1) is 13.4. The van der Waals surface area contributed by atoms with Crippen molar-refractivity contribution in [2.24, 2.45) is 0 Å². The van der Waals surface area contributed by atoms with Crippen LogP contribution in [-0.2, 0) is 4.79 Å². The maximum absolute atomic E-state index is 15.0. The molecule has 1 N–H and O–H groups in total. The minimum absolute atomic E-state index is 0.0165. The summed E-state index contributed by atoms with van der Waals surface area (Å²) >= 11 is 0. The molecule has 148 valence electrons. The zero-order valence-corrected chi connectivity index (χ0v) is 16.5. The second-order valence-corrected chi connectivity index (χ2v) is 7.58. The van der Waals surface area contributed by atoms with Crippen molar-refractivity contribution in [1.82, 2.24) is 9.80 Å². The van der Waals surface area contributed by atoms with Gasteiger partial charge in [-0.3, -0.25) is 9.28 Å². The minimum Gasteiger partial charge on any atom is -0.349 e. The molecule has 1 amide bonds. The average molecular weight is 385 g/mol. The van der Waals surface area contributed by atoms with Crippen LogP contribution in [0.1, 0.15) is 38.8 Å². The Kier molecular flexibility index (Phi) is 5.94. The van der Waals surface area contributed by atoms with Gasteiger partial charge in [0.1, 0.15) is 18.4 Å². The van der Waals surface area contributed by atoms with Gasteiger partial charge in [0, 0.05) is 24.1 Å². The second kappa shape index (κ2) is 8.23. The maximum Gasteiger partial charge on any atom is 0.279 e. The van der Waals surface area contributed by atoms with Crippen molar-refractivity contribution in [3.8, 4) is 0 Å². The Hall–Kier alpha value is -2.53. The molecule has 3 nitrogen and oxygen atoms in total. The number of carbonyl (C=O) groups is 1. The summed E-state index contributed by atoms with van der Waals surface area (Å²) in [5.74, 6) is -1.15. The van der Waals surface area contributed by atoms with E-state index < -0.39 is 17.7 Å². The van der Waals surface area contributed by atoms with Gasteiger partial charge < -0.3 is 5.32 Å². The van der Waals surface area contributed by atoms with Crippen LogP contribution in [0.4, 0.5) is 14.5 Å². The lowest BCUT2D eigenvalue weighted by Crippen LogP contribution is -2.62. The number of rotatable bonds is 6. The molecule has 2 aromatic carbocycles. The number of quaternary nitrogens is 1. The van der Waals surface area contributed by atoms with E-state index in [9.17, 15) is 9.18 Å². The van der Waals surface area contributed by atoms with E-state index in [0.717, 1.165) is 17.7 Å². The van der Waals surface area contributed by atoms with Gasteiger partial charge in [0.25, 0.3) is 5.91 Å². The van der Waals surface area contributed by atoms with Crippen LogP contribution in [0.3, 0.4) is 0 Å². The van der Waals surface area contributed by atoms with Gasteiger partial charge in [0.05, 0.1) is 0 Å². The third-order valence-corrected chi connectivity index (χ3v) is 5.40. The Balaban J connectivity index is 2.22. The molecular weight excluding hydrogens is 358 g/mol. The van der Waals surface area contributed by atoms with Crippen LogP contribution in [0.15, 0.2) is 60.7 Å². The monoisotopic (exact) mass is 385 g/mol. The molecule has 2 aromatic rings. The third kappa shape index (κ3) is 3.59. The highest BCUT2D eigenvalue weighted by atomic mass is 19.1. The third-order valence-electron chi connectivity index (χ3n) is 5.40. The highest BCUT2D eigenvalue weighted by molar-refractivity contribution is 5.85. The SMILES string of the molecule is CCC(C(=O)NC(C)C)[N+]1(c2cc(F)ccc2F)CC=C[C@H]1c1ccccc1. The van der Waals surface area contributed by atoms with Crippen LogP contribution >= 0.6 is 0 Å². The van der Waals surface area contributed by atoms with Gasteiger partial charge in [0.15, 0.2) is 17.5 Å². The van der Waals surface area contributed by atoms with Crippen molar-refractivity contribution in [3.05, 3.63) is 77.9 Å². The number of carbonyl (C=O) groups excluding carboxylic acids is 1. The number of hydrogen-bond acceptors (Lipinski definition) is 1.